The van der Waals surface area contributed by atoms with Gasteiger partial charge in [-0.1, -0.05) is 0 Å². The summed E-state index contributed by atoms with van der Waals surface area (Å²) in [5, 5.41) is 0. The molecular formula is C19H27N3O2. The molecule has 0 saturated carbocycles. The number of fused-ring (bicyclic) bond motifs is 3. The molecule has 4 rings (SSSR count). The summed E-state index contributed by atoms with van der Waals surface area (Å²) in [5.74, 6) is 1.41. The summed E-state index contributed by atoms with van der Waals surface area (Å²) in [7, 11) is 0. The van der Waals surface area contributed by atoms with Crippen LogP contribution in [0.1, 0.15) is 37.7 Å². The molecule has 0 aromatic heterocycles. The lowest BCUT2D eigenvalue weighted by Gasteiger charge is -2.46. The average molecular weight is 329 g/mol. The van der Waals surface area contributed by atoms with Gasteiger partial charge in [-0.05, 0) is 63.1 Å². The molecule has 1 aromatic rings. The van der Waals surface area contributed by atoms with E-state index in [1.165, 1.54) is 19.4 Å². The first kappa shape index (κ1) is 15.8. The molecule has 24 heavy (non-hydrogen) atoms. The van der Waals surface area contributed by atoms with Crippen molar-refractivity contribution in [2.24, 2.45) is 5.92 Å². The van der Waals surface area contributed by atoms with Gasteiger partial charge in [0.1, 0.15) is 5.75 Å². The van der Waals surface area contributed by atoms with Crippen molar-refractivity contribution in [3.63, 3.8) is 0 Å². The summed E-state index contributed by atoms with van der Waals surface area (Å²) >= 11 is 0. The van der Waals surface area contributed by atoms with Crippen molar-refractivity contribution in [2.45, 2.75) is 44.6 Å². The summed E-state index contributed by atoms with van der Waals surface area (Å²) in [4.78, 5) is 16.5. The molecule has 0 radical (unpaired) electrons. The fraction of sp³-hybridized carbons (Fsp3) is 0.632. The lowest BCUT2D eigenvalue weighted by molar-refractivity contribution is -0.108. The van der Waals surface area contributed by atoms with E-state index in [0.29, 0.717) is 12.5 Å². The number of hydrogen-bond acceptors (Lipinski definition) is 4. The zero-order valence-electron chi connectivity index (χ0n) is 14.2. The van der Waals surface area contributed by atoms with Crippen molar-refractivity contribution in [3.8, 4) is 5.75 Å². The third-order valence-electron chi connectivity index (χ3n) is 5.92. The largest absolute Gasteiger partial charge is 0.491 e. The maximum atomic E-state index is 12.0. The van der Waals surface area contributed by atoms with E-state index < -0.39 is 0 Å². The highest BCUT2D eigenvalue weighted by atomic mass is 16.5. The van der Waals surface area contributed by atoms with Crippen molar-refractivity contribution >= 4 is 17.8 Å². The third kappa shape index (κ3) is 2.75. The molecule has 3 atom stereocenters. The van der Waals surface area contributed by atoms with Gasteiger partial charge < -0.3 is 20.3 Å². The zero-order chi connectivity index (χ0) is 16.5. The van der Waals surface area contributed by atoms with E-state index in [1.807, 2.05) is 17.0 Å². The lowest BCUT2D eigenvalue weighted by Crippen LogP contribution is -2.53. The highest BCUT2D eigenvalue weighted by Crippen LogP contribution is 2.41. The smallest absolute Gasteiger partial charge is 0.214 e. The van der Waals surface area contributed by atoms with Crippen LogP contribution in [0.25, 0.3) is 0 Å². The van der Waals surface area contributed by atoms with Gasteiger partial charge in [0.25, 0.3) is 0 Å². The first-order valence-corrected chi connectivity index (χ1v) is 9.28. The van der Waals surface area contributed by atoms with Gasteiger partial charge in [-0.2, -0.15) is 0 Å². The molecule has 2 bridgehead atoms. The van der Waals surface area contributed by atoms with Gasteiger partial charge in [-0.25, -0.2) is 0 Å². The predicted molar refractivity (Wildman–Crippen MR) is 95.4 cm³/mol. The van der Waals surface area contributed by atoms with Crippen molar-refractivity contribution < 1.29 is 9.53 Å². The number of carbonyl (C=O) groups excluding carboxylic acids is 1. The van der Waals surface area contributed by atoms with Gasteiger partial charge in [-0.15, -0.1) is 0 Å². The van der Waals surface area contributed by atoms with Crippen LogP contribution < -0.4 is 15.4 Å². The lowest BCUT2D eigenvalue weighted by atomic mass is 9.84. The van der Waals surface area contributed by atoms with Crippen LogP contribution in [0.2, 0.25) is 0 Å². The number of anilines is 2. The molecule has 0 spiro atoms. The molecular weight excluding hydrogens is 302 g/mol. The van der Waals surface area contributed by atoms with E-state index in [9.17, 15) is 4.79 Å². The van der Waals surface area contributed by atoms with Crippen LogP contribution in [0.4, 0.5) is 11.4 Å². The van der Waals surface area contributed by atoms with Gasteiger partial charge in [0.05, 0.1) is 12.3 Å². The van der Waals surface area contributed by atoms with Crippen LogP contribution >= 0.6 is 0 Å². The molecule has 3 heterocycles. The summed E-state index contributed by atoms with van der Waals surface area (Å²) in [6.07, 6.45) is 7.56. The number of nitrogen functional groups attached to an aromatic ring is 1. The summed E-state index contributed by atoms with van der Waals surface area (Å²) in [6, 6.07) is 4.19. The van der Waals surface area contributed by atoms with E-state index >= 15 is 0 Å². The molecule has 2 N–H and O–H groups in total. The topological polar surface area (TPSA) is 58.8 Å². The van der Waals surface area contributed by atoms with Gasteiger partial charge >= 0.3 is 0 Å². The molecule has 2 fully saturated rings. The Bertz CT molecular complexity index is 619. The first-order chi connectivity index (χ1) is 11.8. The maximum absolute atomic E-state index is 12.0. The minimum atomic E-state index is 0.277. The van der Waals surface area contributed by atoms with Crippen molar-refractivity contribution in [1.82, 2.24) is 4.90 Å². The highest BCUT2D eigenvalue weighted by Gasteiger charge is 2.37. The van der Waals surface area contributed by atoms with Crippen LogP contribution in [0, 0.1) is 5.92 Å². The number of nitrogens with two attached hydrogens (primary N) is 1. The summed E-state index contributed by atoms with van der Waals surface area (Å²) < 4.78 is 6.05. The number of hydrogen-bond donors (Lipinski definition) is 1. The zero-order valence-corrected chi connectivity index (χ0v) is 14.2. The average Bonchev–Trinajstić information content (AvgIpc) is 2.86. The van der Waals surface area contributed by atoms with E-state index in [1.54, 1.807) is 0 Å². The summed E-state index contributed by atoms with van der Waals surface area (Å²) in [5.41, 5.74) is 8.97. The van der Waals surface area contributed by atoms with E-state index in [-0.39, 0.29) is 6.04 Å². The Morgan fingerprint density at radius 1 is 1.21 bits per heavy atom. The van der Waals surface area contributed by atoms with Crippen molar-refractivity contribution in [2.75, 3.05) is 36.9 Å². The van der Waals surface area contributed by atoms with E-state index in [2.05, 4.69) is 4.90 Å². The Kier molecular flexibility index (Phi) is 4.35. The fourth-order valence-corrected chi connectivity index (χ4v) is 4.67. The maximum Gasteiger partial charge on any atom is 0.214 e. The number of rotatable bonds is 3. The van der Waals surface area contributed by atoms with Crippen LogP contribution in [0.5, 0.6) is 5.75 Å². The molecule has 5 heteroatoms. The number of carbonyl (C=O) groups is 1. The van der Waals surface area contributed by atoms with Crippen LogP contribution in [-0.2, 0) is 11.2 Å². The van der Waals surface area contributed by atoms with Crippen LogP contribution in [0.3, 0.4) is 0 Å². The van der Waals surface area contributed by atoms with Gasteiger partial charge in [0.15, 0.2) is 0 Å². The van der Waals surface area contributed by atoms with Crippen LogP contribution in [0.15, 0.2) is 12.1 Å². The number of nitrogens with zero attached hydrogens (tertiary/aromatic N) is 2. The quantitative estimate of drug-likeness (QED) is 0.683. The molecule has 3 aliphatic heterocycles. The fourth-order valence-electron chi connectivity index (χ4n) is 4.67. The molecule has 5 nitrogen and oxygen atoms in total. The number of benzene rings is 1. The second-order valence-corrected chi connectivity index (χ2v) is 7.36. The molecule has 0 aliphatic carbocycles. The monoisotopic (exact) mass is 329 g/mol. The molecule has 1 amide bonds. The second-order valence-electron chi connectivity index (χ2n) is 7.36. The number of piperidine rings is 2. The van der Waals surface area contributed by atoms with Crippen molar-refractivity contribution in [3.05, 3.63) is 17.7 Å². The Morgan fingerprint density at radius 3 is 3.00 bits per heavy atom. The molecule has 130 valence electrons. The third-order valence-corrected chi connectivity index (χ3v) is 5.92. The standard InChI is InChI=1S/C19H27N3O2/c20-16-6-7-18(19-15(16)5-1-2-11-24-19)22(13-23)17-8-10-21-9-3-4-14(17)12-21/h6-7,13-14,17H,1-5,8-12,20H2. The summed E-state index contributed by atoms with van der Waals surface area (Å²) in [6.45, 7) is 4.12. The van der Waals surface area contributed by atoms with Gasteiger partial charge in [-0.3, -0.25) is 4.79 Å². The minimum Gasteiger partial charge on any atom is -0.491 e. The second kappa shape index (κ2) is 6.63. The van der Waals surface area contributed by atoms with E-state index in [4.69, 9.17) is 10.5 Å². The Balaban J connectivity index is 1.69. The Morgan fingerprint density at radius 2 is 2.12 bits per heavy atom. The SMILES string of the molecule is Nc1ccc(N(C=O)C2CCN3CCCC2C3)c2c1CCCCO2. The predicted octanol–water partition coefficient (Wildman–Crippen LogP) is 2.43. The number of ether oxygens (including phenoxy) is 1. The van der Waals surface area contributed by atoms with E-state index in [0.717, 1.165) is 67.9 Å². The van der Waals surface area contributed by atoms with Crippen LogP contribution in [-0.4, -0.2) is 43.6 Å². The normalized spacial score (nSPS) is 29.1. The van der Waals surface area contributed by atoms with Gasteiger partial charge in [0.2, 0.25) is 6.41 Å². The molecule has 1 aromatic carbocycles. The molecule has 2 saturated heterocycles. The highest BCUT2D eigenvalue weighted by molar-refractivity contribution is 5.82. The minimum absolute atomic E-state index is 0.277. The first-order valence-electron chi connectivity index (χ1n) is 9.28. The van der Waals surface area contributed by atoms with Gasteiger partial charge in [0, 0.05) is 30.4 Å². The Labute approximate surface area is 143 Å². The molecule has 3 aliphatic rings. The Hall–Kier alpha value is -1.75. The number of amides is 1. The molecule has 3 unspecified atom stereocenters. The van der Waals surface area contributed by atoms with Crippen molar-refractivity contribution in [1.29, 1.82) is 0 Å².